The minimum Gasteiger partial charge on any atom is -0.490 e. The third-order valence-corrected chi connectivity index (χ3v) is 5.23. The van der Waals surface area contributed by atoms with Gasteiger partial charge in [-0.05, 0) is 49.7 Å². The predicted molar refractivity (Wildman–Crippen MR) is 130 cm³/mol. The Hall–Kier alpha value is -4.47. The van der Waals surface area contributed by atoms with E-state index < -0.39 is 35.6 Å². The van der Waals surface area contributed by atoms with Gasteiger partial charge in [-0.1, -0.05) is 30.3 Å². The predicted octanol–water partition coefficient (Wildman–Crippen LogP) is 6.33. The van der Waals surface area contributed by atoms with Crippen molar-refractivity contribution in [1.29, 1.82) is 0 Å². The molecule has 192 valence electrons. The minimum absolute atomic E-state index is 0.0408. The first kappa shape index (κ1) is 25.6. The lowest BCUT2D eigenvalue weighted by Gasteiger charge is -2.15. The number of alkyl halides is 3. The van der Waals surface area contributed by atoms with Crippen LogP contribution in [0.3, 0.4) is 0 Å². The molecule has 0 unspecified atom stereocenters. The second kappa shape index (κ2) is 10.7. The summed E-state index contributed by atoms with van der Waals surface area (Å²) in [6.45, 7) is 3.36. The number of hydrogen-bond acceptors (Lipinski definition) is 6. The molecule has 0 fully saturated rings. The number of aryl methyl sites for hydroxylation is 1. The van der Waals surface area contributed by atoms with Gasteiger partial charge in [0.2, 0.25) is 11.2 Å². The smallest absolute Gasteiger partial charge is 0.453 e. The lowest BCUT2D eigenvalue weighted by molar-refractivity contribution is -0.154. The molecule has 0 aliphatic rings. The molecule has 1 heterocycles. The highest BCUT2D eigenvalue weighted by Gasteiger charge is 2.40. The van der Waals surface area contributed by atoms with E-state index in [9.17, 15) is 22.8 Å². The Kier molecular flexibility index (Phi) is 7.37. The fraction of sp³-hybridized carbons (Fsp3) is 0.185. The Balaban J connectivity index is 1.63. The van der Waals surface area contributed by atoms with Crippen molar-refractivity contribution in [2.45, 2.75) is 20.0 Å². The van der Waals surface area contributed by atoms with Gasteiger partial charge in [-0.3, -0.25) is 9.59 Å². The molecule has 7 nitrogen and oxygen atoms in total. The van der Waals surface area contributed by atoms with Gasteiger partial charge in [0.1, 0.15) is 11.3 Å². The lowest BCUT2D eigenvalue weighted by Crippen LogP contribution is -2.20. The standard InChI is InChI=1S/C27H22F3NO6/c1-3-34-20-10-6-7-11-21(20)36-25-24(33)18-13-12-17(14-22(18)37-26(25)27(28,29)30)35-15-23(32)31-19-9-5-4-8-16(19)2/h4-14H,3,15H2,1-2H3,(H,31,32). The summed E-state index contributed by atoms with van der Waals surface area (Å²) in [5.41, 5.74) is 0.0575. The molecule has 0 saturated carbocycles. The highest BCUT2D eigenvalue weighted by molar-refractivity contribution is 5.92. The molecule has 1 N–H and O–H groups in total. The van der Waals surface area contributed by atoms with Crippen LogP contribution in [-0.2, 0) is 11.0 Å². The average Bonchev–Trinajstić information content (AvgIpc) is 2.86. The number of para-hydroxylation sites is 3. The zero-order chi connectivity index (χ0) is 26.6. The number of fused-ring (bicyclic) bond motifs is 1. The number of amides is 1. The number of anilines is 1. The zero-order valence-electron chi connectivity index (χ0n) is 19.8. The van der Waals surface area contributed by atoms with Crippen LogP contribution in [0.2, 0.25) is 0 Å². The van der Waals surface area contributed by atoms with Crippen LogP contribution in [0.4, 0.5) is 18.9 Å². The fourth-order valence-electron chi connectivity index (χ4n) is 3.49. The van der Waals surface area contributed by atoms with Crippen molar-refractivity contribution in [1.82, 2.24) is 0 Å². The highest BCUT2D eigenvalue weighted by atomic mass is 19.4. The van der Waals surface area contributed by atoms with E-state index in [-0.39, 0.29) is 34.8 Å². The van der Waals surface area contributed by atoms with Gasteiger partial charge >= 0.3 is 6.18 Å². The molecule has 4 aromatic rings. The zero-order valence-corrected chi connectivity index (χ0v) is 19.8. The molecule has 0 saturated heterocycles. The number of carbonyl (C=O) groups is 1. The topological polar surface area (TPSA) is 87.0 Å². The van der Waals surface area contributed by atoms with Crippen LogP contribution in [0.25, 0.3) is 11.0 Å². The second-order valence-electron chi connectivity index (χ2n) is 7.88. The molecule has 0 atom stereocenters. The maximum absolute atomic E-state index is 13.9. The molecule has 37 heavy (non-hydrogen) atoms. The molecule has 0 spiro atoms. The molecule has 0 aliphatic carbocycles. The summed E-state index contributed by atoms with van der Waals surface area (Å²) in [7, 11) is 0. The van der Waals surface area contributed by atoms with Crippen LogP contribution >= 0.6 is 0 Å². The molecule has 10 heteroatoms. The summed E-state index contributed by atoms with van der Waals surface area (Å²) in [5, 5.41) is 2.53. The average molecular weight is 513 g/mol. The van der Waals surface area contributed by atoms with Gasteiger partial charge in [0.15, 0.2) is 18.1 Å². The molecule has 0 radical (unpaired) electrons. The molecule has 1 aromatic heterocycles. The van der Waals surface area contributed by atoms with E-state index in [0.29, 0.717) is 5.69 Å². The van der Waals surface area contributed by atoms with Gasteiger partial charge < -0.3 is 23.9 Å². The summed E-state index contributed by atoms with van der Waals surface area (Å²) in [6, 6.07) is 16.9. The quantitative estimate of drug-likeness (QED) is 0.296. The highest BCUT2D eigenvalue weighted by Crippen LogP contribution is 2.40. The van der Waals surface area contributed by atoms with Crippen LogP contribution in [-0.4, -0.2) is 19.1 Å². The molecular weight excluding hydrogens is 491 g/mol. The van der Waals surface area contributed by atoms with Crippen molar-refractivity contribution >= 4 is 22.6 Å². The van der Waals surface area contributed by atoms with Crippen LogP contribution < -0.4 is 25.0 Å². The first-order valence-corrected chi connectivity index (χ1v) is 11.2. The minimum atomic E-state index is -5.03. The summed E-state index contributed by atoms with van der Waals surface area (Å²) in [6.07, 6.45) is -5.03. The largest absolute Gasteiger partial charge is 0.490 e. The van der Waals surface area contributed by atoms with Crippen molar-refractivity contribution in [3.63, 3.8) is 0 Å². The van der Waals surface area contributed by atoms with Gasteiger partial charge in [0, 0.05) is 11.8 Å². The second-order valence-corrected chi connectivity index (χ2v) is 7.88. The van der Waals surface area contributed by atoms with Gasteiger partial charge in [0.25, 0.3) is 11.7 Å². The summed E-state index contributed by atoms with van der Waals surface area (Å²) < 4.78 is 62.9. The number of carbonyl (C=O) groups excluding carboxylic acids is 1. The SMILES string of the molecule is CCOc1ccccc1Oc1c(C(F)(F)F)oc2cc(OCC(=O)Nc3ccccc3C)ccc2c1=O. The third kappa shape index (κ3) is 5.85. The summed E-state index contributed by atoms with van der Waals surface area (Å²) in [5.74, 6) is -2.95. The van der Waals surface area contributed by atoms with Gasteiger partial charge in [0.05, 0.1) is 12.0 Å². The van der Waals surface area contributed by atoms with Crippen LogP contribution in [0.5, 0.6) is 23.0 Å². The Morgan fingerprint density at radius 2 is 1.68 bits per heavy atom. The number of nitrogens with one attached hydrogen (secondary N) is 1. The Morgan fingerprint density at radius 1 is 0.973 bits per heavy atom. The van der Waals surface area contributed by atoms with Crippen LogP contribution in [0.15, 0.2) is 75.9 Å². The van der Waals surface area contributed by atoms with Crippen molar-refractivity contribution in [2.75, 3.05) is 18.5 Å². The number of halogens is 3. The van der Waals surface area contributed by atoms with E-state index in [0.717, 1.165) is 11.6 Å². The van der Waals surface area contributed by atoms with E-state index in [4.69, 9.17) is 18.6 Å². The van der Waals surface area contributed by atoms with Crippen LogP contribution in [0.1, 0.15) is 18.2 Å². The van der Waals surface area contributed by atoms with Gasteiger partial charge in [-0.25, -0.2) is 0 Å². The van der Waals surface area contributed by atoms with Crippen molar-refractivity contribution in [2.24, 2.45) is 0 Å². The molecule has 0 bridgehead atoms. The Morgan fingerprint density at radius 3 is 2.38 bits per heavy atom. The van der Waals surface area contributed by atoms with Gasteiger partial charge in [-0.2, -0.15) is 13.2 Å². The first-order valence-electron chi connectivity index (χ1n) is 11.2. The monoisotopic (exact) mass is 513 g/mol. The number of rotatable bonds is 8. The third-order valence-electron chi connectivity index (χ3n) is 5.23. The lowest BCUT2D eigenvalue weighted by atomic mass is 10.2. The van der Waals surface area contributed by atoms with E-state index >= 15 is 0 Å². The van der Waals surface area contributed by atoms with Crippen molar-refractivity contribution in [3.8, 4) is 23.0 Å². The molecule has 0 aliphatic heterocycles. The molecule has 1 amide bonds. The summed E-state index contributed by atoms with van der Waals surface area (Å²) >= 11 is 0. The molecular formula is C27H22F3NO6. The van der Waals surface area contributed by atoms with E-state index in [2.05, 4.69) is 5.32 Å². The van der Waals surface area contributed by atoms with Crippen molar-refractivity contribution < 1.29 is 36.6 Å². The maximum atomic E-state index is 13.9. The van der Waals surface area contributed by atoms with E-state index in [1.54, 1.807) is 25.1 Å². The fourth-order valence-corrected chi connectivity index (χ4v) is 3.49. The first-order chi connectivity index (χ1) is 17.7. The molecule has 3 aromatic carbocycles. The van der Waals surface area contributed by atoms with Gasteiger partial charge in [-0.15, -0.1) is 0 Å². The van der Waals surface area contributed by atoms with Crippen LogP contribution in [0, 0.1) is 6.92 Å². The normalized spacial score (nSPS) is 11.3. The number of ether oxygens (including phenoxy) is 3. The van der Waals surface area contributed by atoms with E-state index in [1.165, 1.54) is 30.3 Å². The Labute approximate surface area is 209 Å². The maximum Gasteiger partial charge on any atom is 0.453 e. The summed E-state index contributed by atoms with van der Waals surface area (Å²) in [4.78, 5) is 25.3. The van der Waals surface area contributed by atoms with Crippen molar-refractivity contribution in [3.05, 3.63) is 88.3 Å². The number of benzene rings is 3. The molecule has 4 rings (SSSR count). The Bertz CT molecular complexity index is 1500. The van der Waals surface area contributed by atoms with E-state index in [1.807, 2.05) is 19.1 Å². The number of hydrogen-bond donors (Lipinski definition) is 1.